The molecule has 6 nitrogen and oxygen atoms in total. The molecular weight excluding hydrogens is 354 g/mol. The molecule has 2 amide bonds. The van der Waals surface area contributed by atoms with E-state index in [2.05, 4.69) is 10.6 Å². The van der Waals surface area contributed by atoms with Gasteiger partial charge in [-0.2, -0.15) is 0 Å². The Labute approximate surface area is 158 Å². The Kier molecular flexibility index (Phi) is 7.00. The lowest BCUT2D eigenvalue weighted by atomic mass is 10.2. The molecule has 0 aromatic heterocycles. The van der Waals surface area contributed by atoms with Gasteiger partial charge in [0.2, 0.25) is 11.8 Å². The number of ether oxygens (including phenoxy) is 1. The van der Waals surface area contributed by atoms with Gasteiger partial charge in [0, 0.05) is 11.8 Å². The fourth-order valence-electron chi connectivity index (χ4n) is 2.26. The minimum absolute atomic E-state index is 0.0535. The number of nitrogens with zero attached hydrogens (tertiary/aromatic N) is 1. The van der Waals surface area contributed by atoms with Gasteiger partial charge in [-0.25, -0.2) is 0 Å². The van der Waals surface area contributed by atoms with Crippen LogP contribution >= 0.6 is 11.6 Å². The number of rotatable bonds is 7. The van der Waals surface area contributed by atoms with E-state index in [1.165, 1.54) is 0 Å². The predicted octanol–water partition coefficient (Wildman–Crippen LogP) is 3.25. The average molecular weight is 376 g/mol. The quantitative estimate of drug-likeness (QED) is 0.779. The summed E-state index contributed by atoms with van der Waals surface area (Å²) in [6.45, 7) is 1.79. The minimum Gasteiger partial charge on any atom is -0.497 e. The number of amides is 2. The Morgan fingerprint density at radius 2 is 1.88 bits per heavy atom. The zero-order valence-corrected chi connectivity index (χ0v) is 15.7. The first kappa shape index (κ1) is 19.8. The van der Waals surface area contributed by atoms with Crippen molar-refractivity contribution in [1.82, 2.24) is 4.90 Å². The van der Waals surface area contributed by atoms with E-state index in [-0.39, 0.29) is 18.4 Å². The first-order chi connectivity index (χ1) is 12.4. The maximum Gasteiger partial charge on any atom is 0.241 e. The van der Waals surface area contributed by atoms with E-state index in [0.29, 0.717) is 22.1 Å². The van der Waals surface area contributed by atoms with Gasteiger partial charge in [-0.3, -0.25) is 14.5 Å². The highest BCUT2D eigenvalue weighted by molar-refractivity contribution is 6.33. The zero-order valence-electron chi connectivity index (χ0n) is 15.0. The number of likely N-dealkylation sites (N-methyl/N-ethyl adjacent to an activating group) is 1. The molecule has 0 aliphatic carbocycles. The largest absolute Gasteiger partial charge is 0.497 e. The summed E-state index contributed by atoms with van der Waals surface area (Å²) < 4.78 is 5.14. The van der Waals surface area contributed by atoms with Crippen molar-refractivity contribution in [2.75, 3.05) is 31.3 Å². The van der Waals surface area contributed by atoms with Crippen molar-refractivity contribution >= 4 is 34.8 Å². The number of carbonyl (C=O) groups excluding carboxylic acids is 2. The zero-order chi connectivity index (χ0) is 19.1. The second kappa shape index (κ2) is 9.22. The summed E-state index contributed by atoms with van der Waals surface area (Å²) >= 11 is 6.03. The SMILES string of the molecule is COc1cccc(NC(=O)[C@@H](C)N(C)CC(=O)Nc2ccccc2Cl)c1. The van der Waals surface area contributed by atoms with Crippen LogP contribution in [0, 0.1) is 0 Å². The molecule has 0 radical (unpaired) electrons. The summed E-state index contributed by atoms with van der Waals surface area (Å²) in [6.07, 6.45) is 0. The van der Waals surface area contributed by atoms with E-state index < -0.39 is 6.04 Å². The molecular formula is C19H22ClN3O3. The molecule has 0 unspecified atom stereocenters. The number of nitrogens with one attached hydrogen (secondary N) is 2. The Morgan fingerprint density at radius 3 is 2.58 bits per heavy atom. The van der Waals surface area contributed by atoms with Gasteiger partial charge in [0.15, 0.2) is 0 Å². The fourth-order valence-corrected chi connectivity index (χ4v) is 2.45. The number of hydrogen-bond donors (Lipinski definition) is 2. The first-order valence-corrected chi connectivity index (χ1v) is 8.48. The molecule has 2 aromatic rings. The molecule has 26 heavy (non-hydrogen) atoms. The number of hydrogen-bond acceptors (Lipinski definition) is 4. The fraction of sp³-hybridized carbons (Fsp3) is 0.263. The molecule has 2 rings (SSSR count). The maximum absolute atomic E-state index is 12.4. The van der Waals surface area contributed by atoms with Crippen LogP contribution in [0.4, 0.5) is 11.4 Å². The van der Waals surface area contributed by atoms with Crippen LogP contribution in [0.3, 0.4) is 0 Å². The normalized spacial score (nSPS) is 11.7. The van der Waals surface area contributed by atoms with Gasteiger partial charge in [0.25, 0.3) is 0 Å². The smallest absolute Gasteiger partial charge is 0.241 e. The van der Waals surface area contributed by atoms with E-state index in [0.717, 1.165) is 0 Å². The summed E-state index contributed by atoms with van der Waals surface area (Å²) in [4.78, 5) is 26.2. The van der Waals surface area contributed by atoms with E-state index in [9.17, 15) is 9.59 Å². The van der Waals surface area contributed by atoms with Crippen LogP contribution in [0.5, 0.6) is 5.75 Å². The summed E-state index contributed by atoms with van der Waals surface area (Å²) in [5.41, 5.74) is 1.18. The molecule has 0 aliphatic heterocycles. The molecule has 2 N–H and O–H groups in total. The summed E-state index contributed by atoms with van der Waals surface area (Å²) in [5.74, 6) is 0.191. The third-order valence-corrected chi connectivity index (χ3v) is 4.25. The number of anilines is 2. The Balaban J connectivity index is 1.91. The standard InChI is InChI=1S/C19H22ClN3O3/c1-13(19(25)21-14-7-6-8-15(11-14)26-3)23(2)12-18(24)22-17-10-5-4-9-16(17)20/h4-11,13H,12H2,1-3H3,(H,21,25)(H,22,24)/t13-/m1/s1. The van der Waals surface area contributed by atoms with Crippen molar-refractivity contribution in [3.63, 3.8) is 0 Å². The van der Waals surface area contributed by atoms with Crippen LogP contribution in [0.2, 0.25) is 5.02 Å². The monoisotopic (exact) mass is 375 g/mol. The highest BCUT2D eigenvalue weighted by Crippen LogP contribution is 2.20. The Morgan fingerprint density at radius 1 is 1.15 bits per heavy atom. The van der Waals surface area contributed by atoms with Gasteiger partial charge in [0.05, 0.1) is 30.4 Å². The molecule has 138 valence electrons. The molecule has 0 aliphatic rings. The van der Waals surface area contributed by atoms with Crippen LogP contribution in [0.25, 0.3) is 0 Å². The lowest BCUT2D eigenvalue weighted by Gasteiger charge is -2.23. The number of halogens is 1. The van der Waals surface area contributed by atoms with E-state index in [4.69, 9.17) is 16.3 Å². The number of carbonyl (C=O) groups is 2. The highest BCUT2D eigenvalue weighted by atomic mass is 35.5. The molecule has 0 bridgehead atoms. The van der Waals surface area contributed by atoms with Crippen molar-refractivity contribution in [2.45, 2.75) is 13.0 Å². The number of benzene rings is 2. The van der Waals surface area contributed by atoms with Gasteiger partial charge in [-0.15, -0.1) is 0 Å². The number of para-hydroxylation sites is 1. The Hall–Kier alpha value is -2.57. The molecule has 0 spiro atoms. The summed E-state index contributed by atoms with van der Waals surface area (Å²) in [6, 6.07) is 13.6. The third kappa shape index (κ3) is 5.47. The van der Waals surface area contributed by atoms with Crippen LogP contribution in [0.15, 0.2) is 48.5 Å². The van der Waals surface area contributed by atoms with Gasteiger partial charge in [-0.05, 0) is 38.2 Å². The van der Waals surface area contributed by atoms with Gasteiger partial charge in [-0.1, -0.05) is 29.8 Å². The van der Waals surface area contributed by atoms with Gasteiger partial charge < -0.3 is 15.4 Å². The van der Waals surface area contributed by atoms with Crippen molar-refractivity contribution in [3.8, 4) is 5.75 Å². The van der Waals surface area contributed by atoms with E-state index in [1.807, 2.05) is 0 Å². The van der Waals surface area contributed by atoms with Gasteiger partial charge >= 0.3 is 0 Å². The maximum atomic E-state index is 12.4. The molecule has 2 aromatic carbocycles. The molecule has 0 saturated carbocycles. The summed E-state index contributed by atoms with van der Waals surface area (Å²) in [7, 11) is 3.27. The third-order valence-electron chi connectivity index (χ3n) is 3.92. The first-order valence-electron chi connectivity index (χ1n) is 8.10. The highest BCUT2D eigenvalue weighted by Gasteiger charge is 2.20. The van der Waals surface area contributed by atoms with E-state index >= 15 is 0 Å². The summed E-state index contributed by atoms with van der Waals surface area (Å²) in [5, 5.41) is 6.02. The molecule has 0 fully saturated rings. The number of methoxy groups -OCH3 is 1. The second-order valence-corrected chi connectivity index (χ2v) is 6.25. The molecule has 7 heteroatoms. The van der Waals surface area contributed by atoms with Gasteiger partial charge in [0.1, 0.15) is 5.75 Å². The molecule has 0 heterocycles. The van der Waals surface area contributed by atoms with Crippen molar-refractivity contribution in [2.24, 2.45) is 0 Å². The van der Waals surface area contributed by atoms with Crippen LogP contribution in [0.1, 0.15) is 6.92 Å². The van der Waals surface area contributed by atoms with Crippen LogP contribution < -0.4 is 15.4 Å². The lowest BCUT2D eigenvalue weighted by Crippen LogP contribution is -2.43. The van der Waals surface area contributed by atoms with Crippen molar-refractivity contribution < 1.29 is 14.3 Å². The lowest BCUT2D eigenvalue weighted by molar-refractivity contribution is -0.122. The van der Waals surface area contributed by atoms with Crippen LogP contribution in [-0.2, 0) is 9.59 Å². The van der Waals surface area contributed by atoms with Crippen LogP contribution in [-0.4, -0.2) is 43.5 Å². The Bertz CT molecular complexity index is 782. The molecule has 1 atom stereocenters. The molecule has 0 saturated heterocycles. The second-order valence-electron chi connectivity index (χ2n) is 5.84. The van der Waals surface area contributed by atoms with Crippen molar-refractivity contribution in [3.05, 3.63) is 53.6 Å². The minimum atomic E-state index is -0.502. The topological polar surface area (TPSA) is 70.7 Å². The van der Waals surface area contributed by atoms with Crippen molar-refractivity contribution in [1.29, 1.82) is 0 Å². The average Bonchev–Trinajstić information content (AvgIpc) is 2.63. The predicted molar refractivity (Wildman–Crippen MR) is 104 cm³/mol. The van der Waals surface area contributed by atoms with E-state index in [1.54, 1.807) is 74.5 Å².